The van der Waals surface area contributed by atoms with Crippen molar-refractivity contribution in [3.63, 3.8) is 0 Å². The second-order valence-electron chi connectivity index (χ2n) is 7.36. The van der Waals surface area contributed by atoms with Gasteiger partial charge < -0.3 is 14.5 Å². The van der Waals surface area contributed by atoms with E-state index in [-0.39, 0.29) is 23.3 Å². The van der Waals surface area contributed by atoms with Crippen molar-refractivity contribution >= 4 is 5.91 Å². The molecule has 1 aromatic carbocycles. The zero-order valence-electron chi connectivity index (χ0n) is 15.0. The minimum Gasteiger partial charge on any atom is -0.469 e. The van der Waals surface area contributed by atoms with Crippen LogP contribution in [0.1, 0.15) is 50.4 Å². The molecule has 1 aliphatic heterocycles. The Kier molecular flexibility index (Phi) is 5.59. The monoisotopic (exact) mass is 341 g/mol. The first-order valence-electron chi connectivity index (χ1n) is 9.05. The van der Waals surface area contributed by atoms with Gasteiger partial charge in [-0.2, -0.15) is 0 Å². The summed E-state index contributed by atoms with van der Waals surface area (Å²) >= 11 is 0. The summed E-state index contributed by atoms with van der Waals surface area (Å²) in [5.41, 5.74) is 1.000. The molecule has 0 unspecified atom stereocenters. The van der Waals surface area contributed by atoms with E-state index >= 15 is 0 Å². The summed E-state index contributed by atoms with van der Waals surface area (Å²) in [6.07, 6.45) is 4.10. The molecule has 134 valence electrons. The number of amides is 1. The number of nitrogens with one attached hydrogen (secondary N) is 1. The van der Waals surface area contributed by atoms with Crippen molar-refractivity contribution in [3.8, 4) is 0 Å². The van der Waals surface area contributed by atoms with Gasteiger partial charge in [0.2, 0.25) is 5.91 Å². The van der Waals surface area contributed by atoms with Gasteiger partial charge in [-0.05, 0) is 50.8 Å². The summed E-state index contributed by atoms with van der Waals surface area (Å²) in [6, 6.07) is 14.2. The Labute approximate surface area is 149 Å². The number of rotatable bonds is 6. The molecule has 1 N–H and O–H groups in total. The molecule has 0 spiro atoms. The Morgan fingerprint density at radius 3 is 2.72 bits per heavy atom. The summed E-state index contributed by atoms with van der Waals surface area (Å²) in [4.78, 5) is 12.5. The lowest BCUT2D eigenvalue weighted by Crippen LogP contribution is -2.41. The van der Waals surface area contributed by atoms with Crippen LogP contribution in [0.2, 0.25) is 0 Å². The third-order valence-corrected chi connectivity index (χ3v) is 4.89. The van der Waals surface area contributed by atoms with Crippen molar-refractivity contribution in [2.45, 2.75) is 44.6 Å². The fourth-order valence-electron chi connectivity index (χ4n) is 3.59. The summed E-state index contributed by atoms with van der Waals surface area (Å²) in [5, 5.41) is 3.12. The van der Waals surface area contributed by atoms with E-state index in [2.05, 4.69) is 31.3 Å². The van der Waals surface area contributed by atoms with Gasteiger partial charge in [0, 0.05) is 25.0 Å². The first-order valence-corrected chi connectivity index (χ1v) is 9.05. The number of carbonyl (C=O) groups excluding carboxylic acids is 1. The summed E-state index contributed by atoms with van der Waals surface area (Å²) in [7, 11) is 0. The summed E-state index contributed by atoms with van der Waals surface area (Å²) in [6.45, 7) is 5.39. The highest BCUT2D eigenvalue weighted by atomic mass is 16.5. The Hall–Kier alpha value is -2.07. The largest absolute Gasteiger partial charge is 0.469 e. The highest BCUT2D eigenvalue weighted by Gasteiger charge is 2.32. The van der Waals surface area contributed by atoms with Crippen LogP contribution in [0.5, 0.6) is 0 Å². The van der Waals surface area contributed by atoms with E-state index < -0.39 is 0 Å². The molecule has 1 amide bonds. The third-order valence-electron chi connectivity index (χ3n) is 4.89. The van der Waals surface area contributed by atoms with Gasteiger partial charge in [-0.25, -0.2) is 0 Å². The van der Waals surface area contributed by atoms with E-state index in [0.717, 1.165) is 25.0 Å². The molecule has 0 saturated carbocycles. The molecule has 2 heterocycles. The zero-order chi connectivity index (χ0) is 17.7. The molecule has 0 aliphatic carbocycles. The second kappa shape index (κ2) is 7.87. The molecule has 1 saturated heterocycles. The number of hydrogen-bond donors (Lipinski definition) is 1. The number of carbonyl (C=O) groups is 1. The average molecular weight is 341 g/mol. The smallest absolute Gasteiger partial charge is 0.223 e. The van der Waals surface area contributed by atoms with Gasteiger partial charge in [-0.15, -0.1) is 0 Å². The highest BCUT2D eigenvalue weighted by Crippen LogP contribution is 2.30. The Morgan fingerprint density at radius 1 is 1.24 bits per heavy atom. The van der Waals surface area contributed by atoms with Crippen LogP contribution in [0.25, 0.3) is 0 Å². The second-order valence-corrected chi connectivity index (χ2v) is 7.36. The van der Waals surface area contributed by atoms with E-state index in [1.165, 1.54) is 5.56 Å². The predicted octanol–water partition coefficient (Wildman–Crippen LogP) is 4.12. The lowest BCUT2D eigenvalue weighted by Gasteiger charge is -2.34. The van der Waals surface area contributed by atoms with E-state index in [1.807, 2.05) is 30.3 Å². The maximum Gasteiger partial charge on any atom is 0.223 e. The van der Waals surface area contributed by atoms with E-state index in [9.17, 15) is 4.79 Å². The van der Waals surface area contributed by atoms with E-state index in [0.29, 0.717) is 13.2 Å². The molecule has 1 aliphatic rings. The summed E-state index contributed by atoms with van der Waals surface area (Å²) in [5.74, 6) is 1.28. The topological polar surface area (TPSA) is 51.5 Å². The molecule has 25 heavy (non-hydrogen) atoms. The predicted molar refractivity (Wildman–Crippen MR) is 97.4 cm³/mol. The first kappa shape index (κ1) is 17.7. The molecule has 0 bridgehead atoms. The Morgan fingerprint density at radius 2 is 2.04 bits per heavy atom. The van der Waals surface area contributed by atoms with Gasteiger partial charge in [-0.1, -0.05) is 30.3 Å². The minimum atomic E-state index is -0.207. The summed E-state index contributed by atoms with van der Waals surface area (Å²) < 4.78 is 11.3. The van der Waals surface area contributed by atoms with E-state index in [4.69, 9.17) is 9.15 Å². The van der Waals surface area contributed by atoms with Crippen LogP contribution in [0.15, 0.2) is 53.1 Å². The molecule has 4 nitrogen and oxygen atoms in total. The van der Waals surface area contributed by atoms with Gasteiger partial charge in [-0.3, -0.25) is 4.79 Å². The number of benzene rings is 1. The van der Waals surface area contributed by atoms with Crippen molar-refractivity contribution < 1.29 is 13.9 Å². The maximum atomic E-state index is 12.5. The van der Waals surface area contributed by atoms with Crippen molar-refractivity contribution in [3.05, 3.63) is 60.1 Å². The molecule has 2 atom stereocenters. The quantitative estimate of drug-likeness (QED) is 0.860. The Balaban J connectivity index is 1.58. The molecule has 1 aromatic heterocycles. The minimum absolute atomic E-state index is 0.0440. The van der Waals surface area contributed by atoms with Crippen molar-refractivity contribution in [2.24, 2.45) is 5.92 Å². The van der Waals surface area contributed by atoms with Crippen molar-refractivity contribution in [1.29, 1.82) is 0 Å². The lowest BCUT2D eigenvalue weighted by atomic mass is 9.87. The van der Waals surface area contributed by atoms with E-state index in [1.54, 1.807) is 6.26 Å². The van der Waals surface area contributed by atoms with Crippen molar-refractivity contribution in [1.82, 2.24) is 5.32 Å². The SMILES string of the molecule is CC1(C)C[C@@H](C(=O)NCC[C@@H](c2ccccc2)c2ccco2)CCO1. The molecule has 3 rings (SSSR count). The van der Waals surface area contributed by atoms with Crippen LogP contribution in [0, 0.1) is 5.92 Å². The molecule has 1 fully saturated rings. The number of ether oxygens (including phenoxy) is 1. The fraction of sp³-hybridized carbons (Fsp3) is 0.476. The van der Waals surface area contributed by atoms with Gasteiger partial charge in [0.05, 0.1) is 11.9 Å². The molecule has 0 radical (unpaired) electrons. The van der Waals surface area contributed by atoms with Crippen molar-refractivity contribution in [2.75, 3.05) is 13.2 Å². The number of furan rings is 1. The maximum absolute atomic E-state index is 12.5. The molecular formula is C21H27NO3. The fourth-order valence-corrected chi connectivity index (χ4v) is 3.59. The zero-order valence-corrected chi connectivity index (χ0v) is 15.0. The van der Waals surface area contributed by atoms with Crippen LogP contribution in [-0.2, 0) is 9.53 Å². The van der Waals surface area contributed by atoms with Crippen LogP contribution in [0.3, 0.4) is 0 Å². The average Bonchev–Trinajstić information content (AvgIpc) is 3.12. The van der Waals surface area contributed by atoms with Crippen LogP contribution >= 0.6 is 0 Å². The molecular weight excluding hydrogens is 314 g/mol. The van der Waals surface area contributed by atoms with Gasteiger partial charge in [0.1, 0.15) is 5.76 Å². The lowest BCUT2D eigenvalue weighted by molar-refractivity contribution is -0.135. The van der Waals surface area contributed by atoms with Crippen LogP contribution < -0.4 is 5.32 Å². The number of hydrogen-bond acceptors (Lipinski definition) is 3. The molecule has 2 aromatic rings. The highest BCUT2D eigenvalue weighted by molar-refractivity contribution is 5.78. The third kappa shape index (κ3) is 4.73. The Bertz CT molecular complexity index is 664. The van der Waals surface area contributed by atoms with Gasteiger partial charge in [0.15, 0.2) is 0 Å². The first-order chi connectivity index (χ1) is 12.1. The normalized spacial score (nSPS) is 20.8. The van der Waals surface area contributed by atoms with Gasteiger partial charge in [0.25, 0.3) is 0 Å². The van der Waals surface area contributed by atoms with Crippen LogP contribution in [-0.4, -0.2) is 24.7 Å². The van der Waals surface area contributed by atoms with Gasteiger partial charge >= 0.3 is 0 Å². The standard InChI is InChI=1S/C21H27NO3/c1-21(2)15-17(11-14-25-21)20(23)22-12-10-18(19-9-6-13-24-19)16-7-4-3-5-8-16/h3-9,13,17-18H,10-12,14-15H2,1-2H3,(H,22,23)/t17-,18-/m0/s1. The molecule has 4 heteroatoms. The van der Waals surface area contributed by atoms with Crippen LogP contribution in [0.4, 0.5) is 0 Å².